The number of nitrogens with one attached hydrogen (secondary N) is 1. The number of rotatable bonds is 6. The number of methoxy groups -OCH3 is 1. The number of thiazole rings is 1. The van der Waals surface area contributed by atoms with Crippen molar-refractivity contribution >= 4 is 34.0 Å². The SMILES string of the molecule is COc1ccc(-c2csc(NC(=O)COc3ccc(F)cc3F)n2)cc1Cl. The standard InChI is InChI=1S/C18H13ClF2N2O3S/c1-25-15-4-2-10(6-12(15)19)14-9-27-18(22-14)23-17(24)8-26-16-5-3-11(20)7-13(16)21/h2-7,9H,8H2,1H3,(H,22,23,24). The first-order valence-electron chi connectivity index (χ1n) is 7.63. The Morgan fingerprint density at radius 2 is 2.00 bits per heavy atom. The molecule has 0 aliphatic heterocycles. The van der Waals surface area contributed by atoms with E-state index in [2.05, 4.69) is 10.3 Å². The van der Waals surface area contributed by atoms with Crippen molar-refractivity contribution < 1.29 is 23.0 Å². The summed E-state index contributed by atoms with van der Waals surface area (Å²) in [6.45, 7) is -0.439. The molecular formula is C18H13ClF2N2O3S. The second kappa shape index (κ2) is 8.32. The topological polar surface area (TPSA) is 60.5 Å². The predicted molar refractivity (Wildman–Crippen MR) is 99.6 cm³/mol. The number of hydrogen-bond acceptors (Lipinski definition) is 5. The molecule has 1 aromatic heterocycles. The van der Waals surface area contributed by atoms with Crippen LogP contribution < -0.4 is 14.8 Å². The van der Waals surface area contributed by atoms with Gasteiger partial charge in [-0.2, -0.15) is 0 Å². The van der Waals surface area contributed by atoms with Crippen LogP contribution in [-0.4, -0.2) is 24.6 Å². The molecule has 0 saturated heterocycles. The van der Waals surface area contributed by atoms with E-state index in [0.29, 0.717) is 27.7 Å². The fourth-order valence-corrected chi connectivity index (χ4v) is 3.17. The number of benzene rings is 2. The van der Waals surface area contributed by atoms with Gasteiger partial charge < -0.3 is 9.47 Å². The van der Waals surface area contributed by atoms with Crippen LogP contribution in [0.1, 0.15) is 0 Å². The van der Waals surface area contributed by atoms with E-state index in [0.717, 1.165) is 17.7 Å². The van der Waals surface area contributed by atoms with E-state index in [-0.39, 0.29) is 5.75 Å². The molecule has 0 aliphatic rings. The second-order valence-corrected chi connectivity index (χ2v) is 6.56. The Labute approximate surface area is 162 Å². The van der Waals surface area contributed by atoms with Gasteiger partial charge in [0.2, 0.25) is 0 Å². The monoisotopic (exact) mass is 410 g/mol. The summed E-state index contributed by atoms with van der Waals surface area (Å²) >= 11 is 7.32. The maximum absolute atomic E-state index is 13.5. The van der Waals surface area contributed by atoms with Crippen LogP contribution in [0.5, 0.6) is 11.5 Å². The number of halogens is 3. The summed E-state index contributed by atoms with van der Waals surface area (Å²) in [6.07, 6.45) is 0. The van der Waals surface area contributed by atoms with Crippen LogP contribution in [0.4, 0.5) is 13.9 Å². The Hall–Kier alpha value is -2.71. The number of carbonyl (C=O) groups is 1. The zero-order valence-corrected chi connectivity index (χ0v) is 15.5. The summed E-state index contributed by atoms with van der Waals surface area (Å²) in [4.78, 5) is 16.3. The van der Waals surface area contributed by atoms with Crippen LogP contribution in [-0.2, 0) is 4.79 Å². The Morgan fingerprint density at radius 1 is 1.22 bits per heavy atom. The van der Waals surface area contributed by atoms with Gasteiger partial charge in [0.1, 0.15) is 11.6 Å². The number of hydrogen-bond donors (Lipinski definition) is 1. The van der Waals surface area contributed by atoms with Gasteiger partial charge in [0.05, 0.1) is 17.8 Å². The highest BCUT2D eigenvalue weighted by atomic mass is 35.5. The lowest BCUT2D eigenvalue weighted by Crippen LogP contribution is -2.20. The van der Waals surface area contributed by atoms with Gasteiger partial charge in [-0.3, -0.25) is 10.1 Å². The summed E-state index contributed by atoms with van der Waals surface area (Å²) in [6, 6.07) is 8.07. The van der Waals surface area contributed by atoms with Crippen molar-refractivity contribution in [3.8, 4) is 22.8 Å². The lowest BCUT2D eigenvalue weighted by atomic mass is 10.2. The Morgan fingerprint density at radius 3 is 2.70 bits per heavy atom. The van der Waals surface area contributed by atoms with Crippen molar-refractivity contribution in [3.05, 3.63) is 58.4 Å². The fourth-order valence-electron chi connectivity index (χ4n) is 2.18. The van der Waals surface area contributed by atoms with Gasteiger partial charge in [0.15, 0.2) is 23.3 Å². The first-order chi connectivity index (χ1) is 13.0. The largest absolute Gasteiger partial charge is 0.495 e. The molecule has 2 aromatic carbocycles. The molecule has 1 amide bonds. The van der Waals surface area contributed by atoms with Gasteiger partial charge in [-0.1, -0.05) is 11.6 Å². The van der Waals surface area contributed by atoms with Crippen LogP contribution in [0.2, 0.25) is 5.02 Å². The van der Waals surface area contributed by atoms with Crippen molar-refractivity contribution in [2.24, 2.45) is 0 Å². The van der Waals surface area contributed by atoms with Crippen molar-refractivity contribution in [1.29, 1.82) is 0 Å². The Bertz CT molecular complexity index is 981. The highest BCUT2D eigenvalue weighted by molar-refractivity contribution is 7.14. The molecule has 1 heterocycles. The predicted octanol–water partition coefficient (Wildman–Crippen LogP) is 4.77. The molecular weight excluding hydrogens is 398 g/mol. The molecule has 1 N–H and O–H groups in total. The zero-order chi connectivity index (χ0) is 19.4. The molecule has 0 fully saturated rings. The van der Waals surface area contributed by atoms with E-state index in [4.69, 9.17) is 21.1 Å². The van der Waals surface area contributed by atoms with Gasteiger partial charge in [0.25, 0.3) is 5.91 Å². The molecule has 0 radical (unpaired) electrons. The molecule has 0 atom stereocenters. The number of aromatic nitrogens is 1. The van der Waals surface area contributed by atoms with Crippen LogP contribution in [0.3, 0.4) is 0 Å². The maximum Gasteiger partial charge on any atom is 0.264 e. The Balaban J connectivity index is 1.61. The molecule has 3 aromatic rings. The van der Waals surface area contributed by atoms with Crippen molar-refractivity contribution in [2.45, 2.75) is 0 Å². The smallest absolute Gasteiger partial charge is 0.264 e. The average molecular weight is 411 g/mol. The molecule has 3 rings (SSSR count). The Kier molecular flexibility index (Phi) is 5.88. The summed E-state index contributed by atoms with van der Waals surface area (Å²) < 4.78 is 36.5. The maximum atomic E-state index is 13.5. The van der Waals surface area contributed by atoms with Crippen molar-refractivity contribution in [1.82, 2.24) is 4.98 Å². The van der Waals surface area contributed by atoms with Crippen LogP contribution in [0.15, 0.2) is 41.8 Å². The molecule has 0 saturated carbocycles. The van der Waals surface area contributed by atoms with Crippen LogP contribution >= 0.6 is 22.9 Å². The summed E-state index contributed by atoms with van der Waals surface area (Å²) in [5, 5.41) is 5.12. The molecule has 27 heavy (non-hydrogen) atoms. The molecule has 0 unspecified atom stereocenters. The van der Waals surface area contributed by atoms with Crippen LogP contribution in [0, 0.1) is 11.6 Å². The van der Waals surface area contributed by atoms with E-state index in [1.807, 2.05) is 0 Å². The summed E-state index contributed by atoms with van der Waals surface area (Å²) in [5.41, 5.74) is 1.40. The first kappa shape index (κ1) is 19.1. The van der Waals surface area contributed by atoms with E-state index >= 15 is 0 Å². The van der Waals surface area contributed by atoms with E-state index in [1.165, 1.54) is 18.4 Å². The highest BCUT2D eigenvalue weighted by Gasteiger charge is 2.12. The minimum absolute atomic E-state index is 0.209. The summed E-state index contributed by atoms with van der Waals surface area (Å²) in [7, 11) is 1.53. The average Bonchev–Trinajstić information content (AvgIpc) is 3.09. The lowest BCUT2D eigenvalue weighted by Gasteiger charge is -2.06. The normalized spacial score (nSPS) is 10.5. The third-order valence-corrected chi connectivity index (χ3v) is 4.50. The van der Waals surface area contributed by atoms with Gasteiger partial charge in [-0.25, -0.2) is 13.8 Å². The van der Waals surface area contributed by atoms with Crippen molar-refractivity contribution in [3.63, 3.8) is 0 Å². The molecule has 5 nitrogen and oxygen atoms in total. The number of nitrogens with zero attached hydrogens (tertiary/aromatic N) is 1. The third kappa shape index (κ3) is 4.72. The molecule has 0 spiro atoms. The minimum Gasteiger partial charge on any atom is -0.495 e. The van der Waals surface area contributed by atoms with Gasteiger partial charge in [0, 0.05) is 17.0 Å². The number of amides is 1. The first-order valence-corrected chi connectivity index (χ1v) is 8.89. The fraction of sp³-hybridized carbons (Fsp3) is 0.111. The van der Waals surface area contributed by atoms with E-state index < -0.39 is 24.1 Å². The second-order valence-electron chi connectivity index (χ2n) is 5.30. The molecule has 0 aliphatic carbocycles. The lowest BCUT2D eigenvalue weighted by molar-refractivity contribution is -0.118. The van der Waals surface area contributed by atoms with Gasteiger partial charge in [-0.05, 0) is 30.3 Å². The zero-order valence-electron chi connectivity index (χ0n) is 14.0. The quantitative estimate of drug-likeness (QED) is 0.636. The molecule has 9 heteroatoms. The number of ether oxygens (including phenoxy) is 2. The van der Waals surface area contributed by atoms with E-state index in [9.17, 15) is 13.6 Å². The number of anilines is 1. The highest BCUT2D eigenvalue weighted by Crippen LogP contribution is 2.31. The van der Waals surface area contributed by atoms with E-state index in [1.54, 1.807) is 23.6 Å². The third-order valence-electron chi connectivity index (χ3n) is 3.45. The number of carbonyl (C=O) groups excluding carboxylic acids is 1. The summed E-state index contributed by atoms with van der Waals surface area (Å²) in [5.74, 6) is -1.78. The van der Waals surface area contributed by atoms with Gasteiger partial charge in [-0.15, -0.1) is 11.3 Å². The molecule has 0 bridgehead atoms. The van der Waals surface area contributed by atoms with Crippen LogP contribution in [0.25, 0.3) is 11.3 Å². The van der Waals surface area contributed by atoms with Gasteiger partial charge >= 0.3 is 0 Å². The molecule has 140 valence electrons. The van der Waals surface area contributed by atoms with Crippen molar-refractivity contribution in [2.75, 3.05) is 19.0 Å². The minimum atomic E-state index is -0.879.